The van der Waals surface area contributed by atoms with Crippen LogP contribution in [0.25, 0.3) is 0 Å². The highest BCUT2D eigenvalue weighted by molar-refractivity contribution is 5.76. The van der Waals surface area contributed by atoms with Gasteiger partial charge in [0, 0.05) is 19.7 Å². The van der Waals surface area contributed by atoms with Crippen molar-refractivity contribution in [3.05, 3.63) is 65.7 Å². The Kier molecular flexibility index (Phi) is 4.82. The molecule has 20 heavy (non-hydrogen) atoms. The summed E-state index contributed by atoms with van der Waals surface area (Å²) in [5.74, 6) is -0.272. The molecule has 0 saturated carbocycles. The predicted molar refractivity (Wildman–Crippen MR) is 75.4 cm³/mol. The third-order valence-corrected chi connectivity index (χ3v) is 3.12. The Morgan fingerprint density at radius 3 is 2.65 bits per heavy atom. The lowest BCUT2D eigenvalue weighted by atomic mass is 10.1. The summed E-state index contributed by atoms with van der Waals surface area (Å²) in [4.78, 5) is 17.8. The molecule has 104 valence electrons. The fraction of sp³-hybridized carbons (Fsp3) is 0.250. The van der Waals surface area contributed by atoms with Gasteiger partial charge >= 0.3 is 0 Å². The van der Waals surface area contributed by atoms with Gasteiger partial charge in [0.1, 0.15) is 5.82 Å². The van der Waals surface area contributed by atoms with E-state index in [9.17, 15) is 9.18 Å². The van der Waals surface area contributed by atoms with E-state index in [1.54, 1.807) is 36.3 Å². The van der Waals surface area contributed by atoms with Gasteiger partial charge in [-0.25, -0.2) is 4.39 Å². The molecule has 0 aliphatic heterocycles. The fourth-order valence-electron chi connectivity index (χ4n) is 1.96. The van der Waals surface area contributed by atoms with Crippen LogP contribution in [0.5, 0.6) is 0 Å². The van der Waals surface area contributed by atoms with Crippen molar-refractivity contribution < 1.29 is 9.18 Å². The topological polar surface area (TPSA) is 33.2 Å². The number of nitrogens with zero attached hydrogens (tertiary/aromatic N) is 2. The van der Waals surface area contributed by atoms with Gasteiger partial charge in [-0.1, -0.05) is 24.3 Å². The molecule has 0 N–H and O–H groups in total. The molecule has 1 amide bonds. The molecular weight excluding hydrogens is 255 g/mol. The molecule has 3 nitrogen and oxygen atoms in total. The number of hydrogen-bond acceptors (Lipinski definition) is 2. The van der Waals surface area contributed by atoms with Crippen LogP contribution in [0.3, 0.4) is 0 Å². The van der Waals surface area contributed by atoms with Gasteiger partial charge in [-0.05, 0) is 30.2 Å². The van der Waals surface area contributed by atoms with Crippen molar-refractivity contribution >= 4 is 5.91 Å². The average Bonchev–Trinajstić information content (AvgIpc) is 2.47. The minimum Gasteiger partial charge on any atom is -0.340 e. The highest BCUT2D eigenvalue weighted by atomic mass is 19.1. The summed E-state index contributed by atoms with van der Waals surface area (Å²) in [7, 11) is 1.73. The second kappa shape index (κ2) is 6.80. The van der Waals surface area contributed by atoms with Gasteiger partial charge in [-0.2, -0.15) is 0 Å². The van der Waals surface area contributed by atoms with E-state index < -0.39 is 0 Å². The molecule has 0 spiro atoms. The monoisotopic (exact) mass is 272 g/mol. The Labute approximate surface area is 118 Å². The molecule has 0 unspecified atom stereocenters. The number of pyridine rings is 1. The lowest BCUT2D eigenvalue weighted by molar-refractivity contribution is -0.130. The number of aromatic nitrogens is 1. The van der Waals surface area contributed by atoms with Gasteiger partial charge in [0.25, 0.3) is 0 Å². The first-order valence-electron chi connectivity index (χ1n) is 6.54. The minimum atomic E-state index is -0.257. The van der Waals surface area contributed by atoms with Crippen molar-refractivity contribution in [2.75, 3.05) is 7.05 Å². The number of halogens is 1. The van der Waals surface area contributed by atoms with Crippen LogP contribution in [0.15, 0.2) is 48.7 Å². The SMILES string of the molecule is CN(Cc1ccccn1)C(=O)CCc1ccccc1F. The van der Waals surface area contributed by atoms with Crippen LogP contribution in [0.2, 0.25) is 0 Å². The van der Waals surface area contributed by atoms with E-state index in [4.69, 9.17) is 0 Å². The number of hydrogen-bond donors (Lipinski definition) is 0. The molecule has 0 aliphatic carbocycles. The Hall–Kier alpha value is -2.23. The van der Waals surface area contributed by atoms with Crippen LogP contribution >= 0.6 is 0 Å². The van der Waals surface area contributed by atoms with Gasteiger partial charge < -0.3 is 4.90 Å². The van der Waals surface area contributed by atoms with E-state index in [0.29, 0.717) is 24.9 Å². The third kappa shape index (κ3) is 3.88. The molecular formula is C16H17FN2O. The van der Waals surface area contributed by atoms with E-state index in [1.165, 1.54) is 6.07 Å². The van der Waals surface area contributed by atoms with Crippen LogP contribution in [-0.4, -0.2) is 22.8 Å². The highest BCUT2D eigenvalue weighted by Crippen LogP contribution is 2.10. The van der Waals surface area contributed by atoms with Crippen LogP contribution in [0, 0.1) is 5.82 Å². The van der Waals surface area contributed by atoms with E-state index in [0.717, 1.165) is 5.69 Å². The maximum Gasteiger partial charge on any atom is 0.222 e. The molecule has 1 aromatic heterocycles. The Morgan fingerprint density at radius 2 is 1.95 bits per heavy atom. The summed E-state index contributed by atoms with van der Waals surface area (Å²) < 4.78 is 13.5. The number of rotatable bonds is 5. The van der Waals surface area contributed by atoms with Crippen molar-refractivity contribution in [2.24, 2.45) is 0 Å². The minimum absolute atomic E-state index is 0.0149. The predicted octanol–water partition coefficient (Wildman–Crippen LogP) is 2.81. The highest BCUT2D eigenvalue weighted by Gasteiger charge is 2.11. The molecule has 0 fully saturated rings. The Balaban J connectivity index is 1.87. The first-order valence-corrected chi connectivity index (χ1v) is 6.54. The third-order valence-electron chi connectivity index (χ3n) is 3.12. The number of benzene rings is 1. The molecule has 0 aliphatic rings. The lowest BCUT2D eigenvalue weighted by Gasteiger charge is -2.16. The Bertz CT molecular complexity index is 572. The molecule has 0 bridgehead atoms. The van der Waals surface area contributed by atoms with Crippen molar-refractivity contribution in [3.8, 4) is 0 Å². The number of carbonyl (C=O) groups is 1. The van der Waals surface area contributed by atoms with Crippen molar-refractivity contribution in [1.82, 2.24) is 9.88 Å². The van der Waals surface area contributed by atoms with Crippen LogP contribution in [-0.2, 0) is 17.8 Å². The van der Waals surface area contributed by atoms with E-state index in [-0.39, 0.29) is 11.7 Å². The molecule has 0 atom stereocenters. The summed E-state index contributed by atoms with van der Waals surface area (Å²) >= 11 is 0. The van der Waals surface area contributed by atoms with Gasteiger partial charge in [0.2, 0.25) is 5.91 Å². The van der Waals surface area contributed by atoms with Crippen molar-refractivity contribution in [3.63, 3.8) is 0 Å². The zero-order valence-electron chi connectivity index (χ0n) is 11.4. The summed E-state index contributed by atoms with van der Waals surface area (Å²) in [5.41, 5.74) is 1.42. The average molecular weight is 272 g/mol. The van der Waals surface area contributed by atoms with Gasteiger partial charge in [-0.3, -0.25) is 9.78 Å². The quantitative estimate of drug-likeness (QED) is 0.838. The van der Waals surface area contributed by atoms with Gasteiger partial charge in [-0.15, -0.1) is 0 Å². The van der Waals surface area contributed by atoms with Crippen LogP contribution < -0.4 is 0 Å². The smallest absolute Gasteiger partial charge is 0.222 e. The summed E-state index contributed by atoms with van der Waals surface area (Å²) in [6.45, 7) is 0.469. The standard InChI is InChI=1S/C16H17FN2O/c1-19(12-14-7-4-5-11-18-14)16(20)10-9-13-6-2-3-8-15(13)17/h2-8,11H,9-10,12H2,1H3. The first-order chi connectivity index (χ1) is 9.66. The maximum absolute atomic E-state index is 13.5. The molecule has 2 aromatic rings. The zero-order chi connectivity index (χ0) is 14.4. The molecule has 0 saturated heterocycles. The van der Waals surface area contributed by atoms with Crippen LogP contribution in [0.4, 0.5) is 4.39 Å². The number of carbonyl (C=O) groups excluding carboxylic acids is 1. The second-order valence-corrected chi connectivity index (χ2v) is 4.66. The summed E-state index contributed by atoms with van der Waals surface area (Å²) in [6.07, 6.45) is 2.41. The molecule has 1 heterocycles. The molecule has 0 radical (unpaired) electrons. The van der Waals surface area contributed by atoms with E-state index in [1.807, 2.05) is 18.2 Å². The van der Waals surface area contributed by atoms with Crippen molar-refractivity contribution in [2.45, 2.75) is 19.4 Å². The van der Waals surface area contributed by atoms with Gasteiger partial charge in [0.15, 0.2) is 0 Å². The van der Waals surface area contributed by atoms with E-state index in [2.05, 4.69) is 4.98 Å². The molecule has 4 heteroatoms. The van der Waals surface area contributed by atoms with E-state index >= 15 is 0 Å². The zero-order valence-corrected chi connectivity index (χ0v) is 11.4. The number of aryl methyl sites for hydroxylation is 1. The van der Waals surface area contributed by atoms with Gasteiger partial charge in [0.05, 0.1) is 12.2 Å². The lowest BCUT2D eigenvalue weighted by Crippen LogP contribution is -2.26. The van der Waals surface area contributed by atoms with Crippen molar-refractivity contribution in [1.29, 1.82) is 0 Å². The first kappa shape index (κ1) is 14.2. The number of amides is 1. The molecule has 2 rings (SSSR count). The fourth-order valence-corrected chi connectivity index (χ4v) is 1.96. The maximum atomic E-state index is 13.5. The largest absolute Gasteiger partial charge is 0.340 e. The Morgan fingerprint density at radius 1 is 1.20 bits per heavy atom. The summed E-state index contributed by atoms with van der Waals surface area (Å²) in [5, 5.41) is 0. The molecule has 1 aromatic carbocycles. The second-order valence-electron chi connectivity index (χ2n) is 4.66. The van der Waals surface area contributed by atoms with Crippen LogP contribution in [0.1, 0.15) is 17.7 Å². The summed E-state index contributed by atoms with van der Waals surface area (Å²) in [6, 6.07) is 12.2. The normalized spacial score (nSPS) is 10.3.